The van der Waals surface area contributed by atoms with E-state index in [9.17, 15) is 18.7 Å². The molecule has 2 heterocycles. The van der Waals surface area contributed by atoms with Gasteiger partial charge >= 0.3 is 5.97 Å². The number of hydrogen-bond acceptors (Lipinski definition) is 3. The number of nitrogens with zero attached hydrogens (tertiary/aromatic N) is 2. The molecule has 32 heavy (non-hydrogen) atoms. The molecule has 5 nitrogen and oxygen atoms in total. The molecule has 0 amide bonds. The maximum absolute atomic E-state index is 14.0. The van der Waals surface area contributed by atoms with Crippen LogP contribution in [0, 0.1) is 11.6 Å². The van der Waals surface area contributed by atoms with Gasteiger partial charge < -0.3 is 14.8 Å². The fourth-order valence-corrected chi connectivity index (χ4v) is 3.66. The number of halogens is 3. The second-order valence-corrected chi connectivity index (χ2v) is 7.35. The van der Waals surface area contributed by atoms with Crippen molar-refractivity contribution in [2.45, 2.75) is 25.7 Å². The van der Waals surface area contributed by atoms with Crippen LogP contribution in [-0.2, 0) is 24.1 Å². The van der Waals surface area contributed by atoms with Crippen LogP contribution in [0.1, 0.15) is 23.2 Å². The fourth-order valence-electron chi connectivity index (χ4n) is 3.66. The van der Waals surface area contributed by atoms with Crippen LogP contribution in [0.4, 0.5) is 8.78 Å². The Labute approximate surface area is 189 Å². The van der Waals surface area contributed by atoms with E-state index in [2.05, 4.69) is 4.98 Å². The lowest BCUT2D eigenvalue weighted by Gasteiger charge is -2.08. The third-order valence-electron chi connectivity index (χ3n) is 5.24. The molecule has 0 aliphatic rings. The van der Waals surface area contributed by atoms with Crippen molar-refractivity contribution in [3.8, 4) is 11.4 Å². The van der Waals surface area contributed by atoms with Gasteiger partial charge in [-0.3, -0.25) is 9.78 Å². The number of aromatic nitrogens is 2. The van der Waals surface area contributed by atoms with Crippen molar-refractivity contribution >= 4 is 29.3 Å². The van der Waals surface area contributed by atoms with Crippen molar-refractivity contribution in [1.82, 2.24) is 9.55 Å². The largest absolute Gasteiger partial charge is 0.503 e. The molecule has 4 rings (SSSR count). The van der Waals surface area contributed by atoms with E-state index >= 15 is 0 Å². The lowest BCUT2D eigenvalue weighted by Crippen LogP contribution is -1.98. The first-order chi connectivity index (χ1) is 14.9. The minimum atomic E-state index is -1.04. The van der Waals surface area contributed by atoms with E-state index in [4.69, 9.17) is 5.11 Å². The van der Waals surface area contributed by atoms with Gasteiger partial charge in [0, 0.05) is 42.0 Å². The van der Waals surface area contributed by atoms with E-state index in [1.807, 2.05) is 42.6 Å². The summed E-state index contributed by atoms with van der Waals surface area (Å²) in [6.07, 6.45) is 5.27. The third kappa shape index (κ3) is 4.89. The van der Waals surface area contributed by atoms with Gasteiger partial charge in [-0.2, -0.15) is 0 Å². The molecule has 2 aromatic carbocycles. The van der Waals surface area contributed by atoms with Crippen molar-refractivity contribution in [1.29, 1.82) is 0 Å². The quantitative estimate of drug-likeness (QED) is 0.397. The average molecular weight is 459 g/mol. The van der Waals surface area contributed by atoms with E-state index in [0.717, 1.165) is 39.9 Å². The Balaban J connectivity index is 0.00000289. The number of aliphatic carboxylic acids is 1. The zero-order chi connectivity index (χ0) is 22.0. The van der Waals surface area contributed by atoms with Crippen molar-refractivity contribution in [3.63, 3.8) is 0 Å². The monoisotopic (exact) mass is 458 g/mol. The number of fused-ring (bicyclic) bond motifs is 1. The van der Waals surface area contributed by atoms with Crippen molar-refractivity contribution < 1.29 is 23.8 Å². The Morgan fingerprint density at radius 1 is 1.00 bits per heavy atom. The summed E-state index contributed by atoms with van der Waals surface area (Å²) in [6, 6.07) is 13.4. The van der Waals surface area contributed by atoms with Crippen LogP contribution in [0.2, 0.25) is 0 Å². The van der Waals surface area contributed by atoms with Gasteiger partial charge in [-0.15, -0.1) is 12.4 Å². The standard InChI is InChI=1S/C24H20F2N2O3.ClH/c25-20-12-18(13-21(26)24(20)31)28-14-16(6-7-17-3-1-2-10-27-17)19-11-15(4-8-22(19)28)5-9-23(29)30;/h1-4,8,10-14,31H,5-7,9H2,(H,29,30);1H. The van der Waals surface area contributed by atoms with Gasteiger partial charge in [-0.05, 0) is 54.7 Å². The molecule has 0 spiro atoms. The van der Waals surface area contributed by atoms with Crippen molar-refractivity contribution in [2.75, 3.05) is 0 Å². The minimum Gasteiger partial charge on any atom is -0.503 e. The zero-order valence-electron chi connectivity index (χ0n) is 17.0. The van der Waals surface area contributed by atoms with Gasteiger partial charge in [0.2, 0.25) is 0 Å². The molecule has 0 saturated carbocycles. The summed E-state index contributed by atoms with van der Waals surface area (Å²) in [5.41, 5.74) is 3.73. The highest BCUT2D eigenvalue weighted by atomic mass is 35.5. The van der Waals surface area contributed by atoms with E-state index < -0.39 is 23.4 Å². The number of pyridine rings is 1. The number of benzene rings is 2. The molecule has 2 aromatic heterocycles. The maximum atomic E-state index is 14.0. The molecule has 0 atom stereocenters. The summed E-state index contributed by atoms with van der Waals surface area (Å²) in [6.45, 7) is 0. The summed E-state index contributed by atoms with van der Waals surface area (Å²) in [4.78, 5) is 15.3. The Kier molecular flexibility index (Phi) is 7.10. The smallest absolute Gasteiger partial charge is 0.303 e. The number of hydrogen-bond donors (Lipinski definition) is 2. The second kappa shape index (κ2) is 9.78. The lowest BCUT2D eigenvalue weighted by atomic mass is 10.0. The number of carboxylic acids is 1. The molecule has 0 saturated heterocycles. The number of rotatable bonds is 7. The van der Waals surface area contributed by atoms with Crippen molar-refractivity contribution in [2.24, 2.45) is 0 Å². The summed E-state index contributed by atoms with van der Waals surface area (Å²) < 4.78 is 29.6. The van der Waals surface area contributed by atoms with E-state index in [1.165, 1.54) is 0 Å². The first kappa shape index (κ1) is 23.2. The predicted octanol–water partition coefficient (Wildman–Crippen LogP) is 5.23. The molecular formula is C24H21ClF2N2O3. The van der Waals surface area contributed by atoms with Gasteiger partial charge in [0.1, 0.15) is 0 Å². The Morgan fingerprint density at radius 2 is 1.75 bits per heavy atom. The van der Waals surface area contributed by atoms with Gasteiger partial charge in [-0.25, -0.2) is 8.78 Å². The van der Waals surface area contributed by atoms with Crippen LogP contribution in [0.25, 0.3) is 16.6 Å². The Bertz CT molecular complexity index is 1240. The highest BCUT2D eigenvalue weighted by molar-refractivity contribution is 5.86. The third-order valence-corrected chi connectivity index (χ3v) is 5.24. The number of carboxylic acid groups (broad SMARTS) is 1. The topological polar surface area (TPSA) is 75.3 Å². The van der Waals surface area contributed by atoms with Crippen molar-refractivity contribution in [3.05, 3.63) is 89.4 Å². The Morgan fingerprint density at radius 3 is 2.41 bits per heavy atom. The van der Waals surface area contributed by atoms with Gasteiger partial charge in [-0.1, -0.05) is 12.1 Å². The number of phenols is 1. The van der Waals surface area contributed by atoms with Gasteiger partial charge in [0.25, 0.3) is 0 Å². The second-order valence-electron chi connectivity index (χ2n) is 7.35. The first-order valence-electron chi connectivity index (χ1n) is 9.85. The molecule has 2 N–H and O–H groups in total. The minimum absolute atomic E-state index is 0. The van der Waals surface area contributed by atoms with E-state index in [-0.39, 0.29) is 24.5 Å². The van der Waals surface area contributed by atoms with Crippen LogP contribution in [0.15, 0.2) is 60.9 Å². The Hall–Kier alpha value is -3.45. The van der Waals surface area contributed by atoms with Crippen LogP contribution in [0.5, 0.6) is 5.75 Å². The van der Waals surface area contributed by atoms with E-state index in [0.29, 0.717) is 19.3 Å². The predicted molar refractivity (Wildman–Crippen MR) is 120 cm³/mol. The highest BCUT2D eigenvalue weighted by Gasteiger charge is 2.15. The molecule has 4 aromatic rings. The molecule has 8 heteroatoms. The summed E-state index contributed by atoms with van der Waals surface area (Å²) in [7, 11) is 0. The molecule has 0 aliphatic carbocycles. The number of phenolic OH excluding ortho intramolecular Hbond substituents is 1. The molecule has 0 unspecified atom stereocenters. The average Bonchev–Trinajstić information content (AvgIpc) is 3.13. The number of aromatic hydroxyl groups is 1. The molecule has 166 valence electrons. The number of carbonyl (C=O) groups is 1. The SMILES string of the molecule is Cl.O=C(O)CCc1ccc2c(c1)c(CCc1ccccn1)cn2-c1cc(F)c(O)c(F)c1. The normalized spacial score (nSPS) is 10.8. The highest BCUT2D eigenvalue weighted by Crippen LogP contribution is 2.30. The molecule has 0 aliphatic heterocycles. The van der Waals surface area contributed by atoms with Gasteiger partial charge in [0.15, 0.2) is 17.4 Å². The summed E-state index contributed by atoms with van der Waals surface area (Å²) >= 11 is 0. The van der Waals surface area contributed by atoms with E-state index in [1.54, 1.807) is 10.8 Å². The first-order valence-corrected chi connectivity index (χ1v) is 9.85. The fraction of sp³-hybridized carbons (Fsp3) is 0.167. The molecule has 0 radical (unpaired) electrons. The molecular weight excluding hydrogens is 438 g/mol. The van der Waals surface area contributed by atoms with Crippen LogP contribution < -0.4 is 0 Å². The van der Waals surface area contributed by atoms with Gasteiger partial charge in [0.05, 0.1) is 11.2 Å². The molecule has 0 bridgehead atoms. The maximum Gasteiger partial charge on any atom is 0.303 e. The number of aryl methyl sites for hydroxylation is 3. The van der Waals surface area contributed by atoms with Crippen LogP contribution in [0.3, 0.4) is 0 Å². The van der Waals surface area contributed by atoms with Crippen LogP contribution >= 0.6 is 12.4 Å². The van der Waals surface area contributed by atoms with Crippen LogP contribution in [-0.4, -0.2) is 25.7 Å². The molecule has 0 fully saturated rings. The zero-order valence-corrected chi connectivity index (χ0v) is 17.8. The lowest BCUT2D eigenvalue weighted by molar-refractivity contribution is -0.136. The summed E-state index contributed by atoms with van der Waals surface area (Å²) in [5.74, 6) is -3.95. The summed E-state index contributed by atoms with van der Waals surface area (Å²) in [5, 5.41) is 19.3.